The van der Waals surface area contributed by atoms with Crippen LogP contribution >= 0.6 is 0 Å². The number of aromatic nitrogens is 1. The molecular weight excluding hydrogens is 569 g/mol. The summed E-state index contributed by atoms with van der Waals surface area (Å²) in [7, 11) is 0. The molecule has 2 aromatic rings. The summed E-state index contributed by atoms with van der Waals surface area (Å²) in [5.41, 5.74) is 0.223. The van der Waals surface area contributed by atoms with Crippen molar-refractivity contribution in [2.45, 2.75) is 110 Å². The highest BCUT2D eigenvalue weighted by Crippen LogP contribution is 2.35. The molecule has 11 heteroatoms. The number of benzene rings is 1. The lowest BCUT2D eigenvalue weighted by Gasteiger charge is -2.29. The number of amides is 2. The summed E-state index contributed by atoms with van der Waals surface area (Å²) in [6.07, 6.45) is 1.57. The number of ether oxygens (including phenoxy) is 4. The molecule has 11 nitrogen and oxygen atoms in total. The Labute approximate surface area is 259 Å². The van der Waals surface area contributed by atoms with Crippen LogP contribution in [0.4, 0.5) is 9.59 Å². The predicted octanol–water partition coefficient (Wildman–Crippen LogP) is 5.94. The number of rotatable bonds is 9. The zero-order valence-electron chi connectivity index (χ0n) is 27.4. The molecule has 1 fully saturated rings. The van der Waals surface area contributed by atoms with Crippen molar-refractivity contribution < 1.29 is 38.1 Å². The quantitative estimate of drug-likeness (QED) is 0.0883. The first kappa shape index (κ1) is 34.5. The number of H-pyrrole nitrogens is 1. The Morgan fingerprint density at radius 2 is 1.73 bits per heavy atom. The van der Waals surface area contributed by atoms with Gasteiger partial charge in [-0.15, -0.1) is 6.58 Å². The highest BCUT2D eigenvalue weighted by atomic mass is 16.7. The largest absolute Gasteiger partial charge is 0.514 e. The number of fused-ring (bicyclic) bond motifs is 1. The molecule has 1 aliphatic heterocycles. The van der Waals surface area contributed by atoms with Gasteiger partial charge in [0.25, 0.3) is 0 Å². The lowest BCUT2D eigenvalue weighted by atomic mass is 9.85. The van der Waals surface area contributed by atoms with Gasteiger partial charge in [-0.1, -0.05) is 19.9 Å². The lowest BCUT2D eigenvalue weighted by Crippen LogP contribution is -2.52. The third-order valence-electron chi connectivity index (χ3n) is 7.10. The minimum Gasteiger partial charge on any atom is -0.464 e. The second-order valence-electron chi connectivity index (χ2n) is 13.5. The number of allylic oxidation sites excluding steroid dienone is 1. The Kier molecular flexibility index (Phi) is 10.4. The van der Waals surface area contributed by atoms with Gasteiger partial charge in [0.15, 0.2) is 0 Å². The van der Waals surface area contributed by atoms with Crippen LogP contribution in [0.2, 0.25) is 0 Å². The number of hydrogen-bond acceptors (Lipinski definition) is 8. The third-order valence-corrected chi connectivity index (χ3v) is 7.10. The second-order valence-corrected chi connectivity index (χ2v) is 13.5. The number of carbonyl (C=O) groups excluding carboxylic acids is 4. The van der Waals surface area contributed by atoms with E-state index in [4.69, 9.17) is 18.9 Å². The number of esters is 1. The second kappa shape index (κ2) is 13.3. The molecule has 242 valence electrons. The van der Waals surface area contributed by atoms with Gasteiger partial charge in [-0.05, 0) is 79.0 Å². The van der Waals surface area contributed by atoms with Gasteiger partial charge >= 0.3 is 18.2 Å². The Morgan fingerprint density at radius 3 is 2.32 bits per heavy atom. The van der Waals surface area contributed by atoms with Crippen molar-refractivity contribution >= 4 is 35.0 Å². The van der Waals surface area contributed by atoms with Crippen molar-refractivity contribution in [3.05, 3.63) is 42.1 Å². The number of likely N-dealkylation sites (tertiary alicyclic amines) is 1. The van der Waals surface area contributed by atoms with E-state index in [1.54, 1.807) is 72.7 Å². The molecule has 0 saturated carbocycles. The van der Waals surface area contributed by atoms with E-state index in [0.29, 0.717) is 24.9 Å². The maximum Gasteiger partial charge on any atom is 0.514 e. The fourth-order valence-electron chi connectivity index (χ4n) is 5.02. The fraction of sp³-hybridized carbons (Fsp3) is 0.576. The molecule has 1 saturated heterocycles. The first-order valence-electron chi connectivity index (χ1n) is 15.0. The summed E-state index contributed by atoms with van der Waals surface area (Å²) in [6.45, 7) is 20.7. The van der Waals surface area contributed by atoms with Crippen LogP contribution in [0.15, 0.2) is 30.9 Å². The van der Waals surface area contributed by atoms with E-state index < -0.39 is 52.8 Å². The zero-order chi connectivity index (χ0) is 33.0. The minimum atomic E-state index is -1.04. The van der Waals surface area contributed by atoms with Crippen molar-refractivity contribution in [2.24, 2.45) is 0 Å². The maximum absolute atomic E-state index is 13.6. The Balaban J connectivity index is 1.96. The van der Waals surface area contributed by atoms with Crippen LogP contribution in [0.1, 0.15) is 86.4 Å². The van der Waals surface area contributed by atoms with E-state index in [0.717, 1.165) is 16.6 Å². The predicted molar refractivity (Wildman–Crippen MR) is 167 cm³/mol. The summed E-state index contributed by atoms with van der Waals surface area (Å²) < 4.78 is 21.6. The Morgan fingerprint density at radius 1 is 1.07 bits per heavy atom. The lowest BCUT2D eigenvalue weighted by molar-refractivity contribution is -0.147. The number of aromatic amines is 1. The Hall–Kier alpha value is -4.02. The van der Waals surface area contributed by atoms with Crippen LogP contribution in [-0.4, -0.2) is 70.4 Å². The van der Waals surface area contributed by atoms with E-state index in [1.807, 2.05) is 13.8 Å². The third kappa shape index (κ3) is 8.76. The van der Waals surface area contributed by atoms with Crippen LogP contribution in [0, 0.1) is 0 Å². The van der Waals surface area contributed by atoms with Gasteiger partial charge in [0, 0.05) is 41.0 Å². The molecule has 1 aromatic carbocycles. The minimum absolute atomic E-state index is 0.0998. The standard InChI is InChI=1S/C33H47N3O8/c1-11-33(9,10)26-22(21-16-15-20(18-23(21)34-26)42-30(40)44-32(6,7)8)19-24(28(38)41-12-2)35-27(37)25-14-13-17-36(25)29(39)43-31(3,4)5/h11,15-16,18,24-25,34H,1,12-14,17,19H2,2-10H3,(H,35,37)/t24?,25-/m1/s1/i27+1,28+1,36+1. The molecule has 2 atom stereocenters. The summed E-state index contributed by atoms with van der Waals surface area (Å²) in [4.78, 5) is 56.7. The summed E-state index contributed by atoms with van der Waals surface area (Å²) in [5, 5.41) is 3.63. The van der Waals surface area contributed by atoms with Crippen molar-refractivity contribution in [2.75, 3.05) is 13.2 Å². The van der Waals surface area contributed by atoms with Crippen molar-refractivity contribution in [1.29, 1.82) is 0 Å². The number of nitrogens with zero attached hydrogens (tertiary/aromatic N) is 1. The number of nitrogens with one attached hydrogen (secondary N) is 2. The number of carbonyl (C=O) groups is 4. The van der Waals surface area contributed by atoms with E-state index >= 15 is 0 Å². The van der Waals surface area contributed by atoms with Crippen molar-refractivity contribution in [3.8, 4) is 5.75 Å². The average molecular weight is 617 g/mol. The van der Waals surface area contributed by atoms with Gasteiger partial charge < -0.3 is 29.2 Å². The molecular formula is C33H47N3O8. The van der Waals surface area contributed by atoms with Gasteiger partial charge in [-0.3, -0.25) is 9.69 Å². The van der Waals surface area contributed by atoms with E-state index in [1.165, 1.54) is 4.90 Å². The summed E-state index contributed by atoms with van der Waals surface area (Å²) in [5.74, 6) is -0.769. The van der Waals surface area contributed by atoms with E-state index in [-0.39, 0.29) is 18.8 Å². The molecule has 1 aliphatic rings. The van der Waals surface area contributed by atoms with E-state index in [2.05, 4.69) is 16.9 Å². The molecule has 2 heterocycles. The molecule has 3 rings (SSSR count). The van der Waals surface area contributed by atoms with E-state index in [9.17, 15) is 19.2 Å². The van der Waals surface area contributed by atoms with Gasteiger partial charge in [0.05, 0.1) is 6.61 Å². The first-order valence-corrected chi connectivity index (χ1v) is 15.0. The summed E-state index contributed by atoms with van der Waals surface area (Å²) >= 11 is 0. The molecule has 2 amide bonds. The molecule has 44 heavy (non-hydrogen) atoms. The monoisotopic (exact) mass is 616 g/mol. The van der Waals surface area contributed by atoms with Crippen molar-refractivity contribution in [3.63, 3.8) is 0 Å². The molecule has 2 N–H and O–H groups in total. The van der Waals surface area contributed by atoms with Gasteiger partial charge in [-0.2, -0.15) is 0 Å². The molecule has 0 bridgehead atoms. The molecule has 1 aromatic heterocycles. The molecule has 0 aliphatic carbocycles. The maximum atomic E-state index is 13.6. The fourth-order valence-corrected chi connectivity index (χ4v) is 5.02. The topological polar surface area (TPSA) is 136 Å². The molecule has 0 spiro atoms. The molecule has 0 radical (unpaired) electrons. The summed E-state index contributed by atoms with van der Waals surface area (Å²) in [6, 6.07) is 3.29. The number of hydrogen-bond donors (Lipinski definition) is 2. The Bertz CT molecular complexity index is 1400. The normalized spacial score (nSPS) is 16.3. The van der Waals surface area contributed by atoms with Crippen LogP contribution in [-0.2, 0) is 35.6 Å². The van der Waals surface area contributed by atoms with Crippen LogP contribution in [0.3, 0.4) is 0 Å². The van der Waals surface area contributed by atoms with Crippen LogP contribution in [0.25, 0.3) is 10.9 Å². The molecule has 1 unspecified atom stereocenters. The van der Waals surface area contributed by atoms with Gasteiger partial charge in [0.1, 0.15) is 29.0 Å². The smallest absolute Gasteiger partial charge is 0.464 e. The highest BCUT2D eigenvalue weighted by Gasteiger charge is 2.39. The van der Waals surface area contributed by atoms with Crippen LogP contribution < -0.4 is 10.1 Å². The first-order chi connectivity index (χ1) is 20.3. The average Bonchev–Trinajstić information content (AvgIpc) is 3.52. The van der Waals surface area contributed by atoms with Crippen molar-refractivity contribution in [1.82, 2.24) is 15.2 Å². The SMILES string of the molecule is C=CC(C)(C)c1[nH]c2cc(OC(=O)OC(C)(C)C)ccc2c1CC(N[13C](=O)[C@H]1CCC[15N]1C(=O)OC(C)(C)C)[13C](=O)OCC. The van der Waals surface area contributed by atoms with Gasteiger partial charge in [0.2, 0.25) is 5.91 Å². The highest BCUT2D eigenvalue weighted by molar-refractivity contribution is 5.92. The zero-order valence-corrected chi connectivity index (χ0v) is 27.4. The van der Waals surface area contributed by atoms with Crippen LogP contribution in [0.5, 0.6) is 5.75 Å². The van der Waals surface area contributed by atoms with Gasteiger partial charge in [-0.25, -0.2) is 14.4 Å².